The van der Waals surface area contributed by atoms with E-state index in [0.29, 0.717) is 38.5 Å². The van der Waals surface area contributed by atoms with E-state index in [0.717, 1.165) is 11.1 Å². The number of hydrogen-bond donors (Lipinski definition) is 3. The van der Waals surface area contributed by atoms with Gasteiger partial charge >= 0.3 is 0 Å². The summed E-state index contributed by atoms with van der Waals surface area (Å²) in [6.07, 6.45) is 3.31. The first-order valence-electron chi connectivity index (χ1n) is 11.2. The van der Waals surface area contributed by atoms with Crippen LogP contribution in [-0.2, 0) is 20.8 Å². The van der Waals surface area contributed by atoms with Crippen LogP contribution in [0, 0.1) is 36.0 Å². The minimum atomic E-state index is -0.595. The number of primary amides is 1. The van der Waals surface area contributed by atoms with E-state index in [1.165, 1.54) is 0 Å². The molecule has 31 heavy (non-hydrogen) atoms. The van der Waals surface area contributed by atoms with Crippen molar-refractivity contribution in [2.45, 2.75) is 72.6 Å². The molecule has 0 aliphatic carbocycles. The first-order chi connectivity index (χ1) is 14.5. The average molecular weight is 430 g/mol. The molecule has 0 fully saturated rings. The third kappa shape index (κ3) is 9.90. The number of amides is 1. The Morgan fingerprint density at radius 3 is 2.06 bits per heavy atom. The predicted octanol–water partition coefficient (Wildman–Crippen LogP) is 3.96. The zero-order chi connectivity index (χ0) is 23.6. The second kappa shape index (κ2) is 13.0. The van der Waals surface area contributed by atoms with Crippen LogP contribution in [0.4, 0.5) is 0 Å². The Hall–Kier alpha value is -2.50. The molecule has 6 heteroatoms. The maximum Gasteiger partial charge on any atom is 0.221 e. The van der Waals surface area contributed by atoms with E-state index >= 15 is 0 Å². The van der Waals surface area contributed by atoms with Crippen molar-refractivity contribution < 1.29 is 14.4 Å². The minimum Gasteiger partial charge on any atom is -0.388 e. The summed E-state index contributed by atoms with van der Waals surface area (Å²) in [6, 6.07) is 7.84. The summed E-state index contributed by atoms with van der Waals surface area (Å²) in [7, 11) is 0. The number of nitrogens with two attached hydrogens (primary N) is 2. The number of carbonyl (C=O) groups excluding carboxylic acids is 3. The molecule has 0 saturated heterocycles. The number of hydrogen-bond acceptors (Lipinski definition) is 4. The molecule has 0 saturated carbocycles. The van der Waals surface area contributed by atoms with E-state index in [4.69, 9.17) is 16.9 Å². The van der Waals surface area contributed by atoms with Crippen molar-refractivity contribution in [3.8, 4) is 0 Å². The van der Waals surface area contributed by atoms with Gasteiger partial charge in [0.15, 0.2) is 0 Å². The molecule has 1 amide bonds. The van der Waals surface area contributed by atoms with Crippen LogP contribution in [0.3, 0.4) is 0 Å². The van der Waals surface area contributed by atoms with Crippen LogP contribution in [-0.4, -0.2) is 23.3 Å². The van der Waals surface area contributed by atoms with Gasteiger partial charge in [0.1, 0.15) is 11.6 Å². The van der Waals surface area contributed by atoms with Gasteiger partial charge < -0.3 is 11.5 Å². The van der Waals surface area contributed by atoms with Crippen molar-refractivity contribution in [2.24, 2.45) is 35.1 Å². The number of carbonyl (C=O) groups is 3. The van der Waals surface area contributed by atoms with Crippen molar-refractivity contribution in [1.82, 2.24) is 0 Å². The second-order valence-corrected chi connectivity index (χ2v) is 9.19. The lowest BCUT2D eigenvalue weighted by Crippen LogP contribution is -2.33. The predicted molar refractivity (Wildman–Crippen MR) is 125 cm³/mol. The summed E-state index contributed by atoms with van der Waals surface area (Å²) in [6.45, 7) is 7.78. The summed E-state index contributed by atoms with van der Waals surface area (Å²) in [5.41, 5.74) is 13.1. The molecule has 0 spiro atoms. The number of unbranched alkanes of at least 4 members (excludes halogenated alkanes) is 1. The van der Waals surface area contributed by atoms with Gasteiger partial charge in [-0.1, -0.05) is 57.0 Å². The van der Waals surface area contributed by atoms with Crippen LogP contribution in [0.1, 0.15) is 70.4 Å². The molecule has 0 radical (unpaired) electrons. The Morgan fingerprint density at radius 2 is 1.55 bits per heavy atom. The zero-order valence-corrected chi connectivity index (χ0v) is 19.4. The molecule has 0 aliphatic rings. The zero-order valence-electron chi connectivity index (χ0n) is 19.4. The Bertz CT molecular complexity index is 756. The molecule has 1 aromatic rings. The lowest BCUT2D eigenvalue weighted by Gasteiger charge is -2.24. The van der Waals surface area contributed by atoms with Gasteiger partial charge in [-0.2, -0.15) is 0 Å². The molecular formula is C25H39N3O3. The summed E-state index contributed by atoms with van der Waals surface area (Å²) < 4.78 is 0. The fraction of sp³-hybridized carbons (Fsp3) is 0.600. The normalized spacial score (nSPS) is 14.1. The van der Waals surface area contributed by atoms with E-state index in [1.807, 2.05) is 52.0 Å². The highest BCUT2D eigenvalue weighted by Gasteiger charge is 2.32. The maximum atomic E-state index is 13.2. The lowest BCUT2D eigenvalue weighted by molar-refractivity contribution is -0.134. The molecule has 1 rings (SSSR count). The molecule has 0 aromatic heterocycles. The molecule has 3 atom stereocenters. The number of Topliss-reactive ketones (excluding diaryl/α,β-unsaturated/α-hetero) is 2. The SMILES string of the molecule is Cc1ccc(C[C@H](CC(=O)[C@H](CCCCC(=N)N)C(C)C(=O)CC(C)C)C(N)=O)cc1. The standard InChI is InChI=1S/C25H39N3O3/c1-16(2)13-22(29)18(4)21(7-5-6-8-24(26)27)23(30)15-20(25(28)31)14-19-11-9-17(3)10-12-19/h9-12,16,18,20-21H,5-8,13-15H2,1-4H3,(H3,26,27)(H2,28,31)/t18?,20-,21-/m1/s1. The third-order valence-electron chi connectivity index (χ3n) is 5.80. The Kier molecular flexibility index (Phi) is 11.2. The topological polar surface area (TPSA) is 127 Å². The smallest absolute Gasteiger partial charge is 0.221 e. The van der Waals surface area contributed by atoms with Gasteiger partial charge in [-0.05, 0) is 37.7 Å². The van der Waals surface area contributed by atoms with Gasteiger partial charge in [0, 0.05) is 37.0 Å². The maximum absolute atomic E-state index is 13.2. The molecule has 172 valence electrons. The fourth-order valence-electron chi connectivity index (χ4n) is 3.86. The van der Waals surface area contributed by atoms with Crippen molar-refractivity contribution in [3.63, 3.8) is 0 Å². The molecule has 5 N–H and O–H groups in total. The van der Waals surface area contributed by atoms with Gasteiger partial charge in [0.05, 0.1) is 5.84 Å². The Labute approximate surface area is 186 Å². The van der Waals surface area contributed by atoms with Crippen LogP contribution in [0.15, 0.2) is 24.3 Å². The highest BCUT2D eigenvalue weighted by Crippen LogP contribution is 2.27. The van der Waals surface area contributed by atoms with Crippen LogP contribution < -0.4 is 11.5 Å². The number of nitrogens with one attached hydrogen (secondary N) is 1. The first-order valence-corrected chi connectivity index (χ1v) is 11.2. The van der Waals surface area contributed by atoms with E-state index in [2.05, 4.69) is 0 Å². The molecule has 1 unspecified atom stereocenters. The largest absolute Gasteiger partial charge is 0.388 e. The van der Waals surface area contributed by atoms with Crippen LogP contribution in [0.5, 0.6) is 0 Å². The highest BCUT2D eigenvalue weighted by molar-refractivity contribution is 5.92. The lowest BCUT2D eigenvalue weighted by atomic mass is 9.78. The number of ketones is 2. The van der Waals surface area contributed by atoms with Crippen molar-refractivity contribution in [1.29, 1.82) is 5.41 Å². The summed E-state index contributed by atoms with van der Waals surface area (Å²) in [5.74, 6) is -1.59. The number of rotatable bonds is 15. The average Bonchev–Trinajstić information content (AvgIpc) is 2.67. The van der Waals surface area contributed by atoms with Gasteiger partial charge in [-0.15, -0.1) is 0 Å². The van der Waals surface area contributed by atoms with Crippen molar-refractivity contribution in [3.05, 3.63) is 35.4 Å². The monoisotopic (exact) mass is 429 g/mol. The van der Waals surface area contributed by atoms with E-state index in [1.54, 1.807) is 0 Å². The minimum absolute atomic E-state index is 0.0416. The fourth-order valence-corrected chi connectivity index (χ4v) is 3.86. The van der Waals surface area contributed by atoms with Crippen LogP contribution in [0.2, 0.25) is 0 Å². The van der Waals surface area contributed by atoms with Gasteiger partial charge in [-0.3, -0.25) is 19.8 Å². The number of aryl methyl sites for hydroxylation is 1. The number of amidine groups is 1. The quantitative estimate of drug-likeness (QED) is 0.221. The Balaban J connectivity index is 2.92. The summed E-state index contributed by atoms with van der Waals surface area (Å²) in [4.78, 5) is 38.0. The summed E-state index contributed by atoms with van der Waals surface area (Å²) >= 11 is 0. The van der Waals surface area contributed by atoms with Crippen LogP contribution in [0.25, 0.3) is 0 Å². The van der Waals surface area contributed by atoms with Crippen molar-refractivity contribution in [2.75, 3.05) is 0 Å². The van der Waals surface area contributed by atoms with Crippen LogP contribution >= 0.6 is 0 Å². The molecule has 6 nitrogen and oxygen atoms in total. The molecule has 0 heterocycles. The molecular weight excluding hydrogens is 390 g/mol. The number of benzene rings is 1. The van der Waals surface area contributed by atoms with E-state index < -0.39 is 23.7 Å². The summed E-state index contributed by atoms with van der Waals surface area (Å²) in [5, 5.41) is 7.36. The Morgan fingerprint density at radius 1 is 0.935 bits per heavy atom. The van der Waals surface area contributed by atoms with Gasteiger partial charge in [0.2, 0.25) is 5.91 Å². The van der Waals surface area contributed by atoms with E-state index in [9.17, 15) is 14.4 Å². The van der Waals surface area contributed by atoms with Gasteiger partial charge in [-0.25, -0.2) is 0 Å². The van der Waals surface area contributed by atoms with Crippen molar-refractivity contribution >= 4 is 23.3 Å². The second-order valence-electron chi connectivity index (χ2n) is 9.19. The molecule has 1 aromatic carbocycles. The third-order valence-corrected chi connectivity index (χ3v) is 5.80. The first kappa shape index (κ1) is 26.5. The van der Waals surface area contributed by atoms with Gasteiger partial charge in [0.25, 0.3) is 0 Å². The van der Waals surface area contributed by atoms with E-state index in [-0.39, 0.29) is 29.7 Å². The molecule has 0 aliphatic heterocycles. The molecule has 0 bridgehead atoms. The highest BCUT2D eigenvalue weighted by atomic mass is 16.1.